The van der Waals surface area contributed by atoms with Gasteiger partial charge in [-0.15, -0.1) is 0 Å². The number of ether oxygens (including phenoxy) is 1. The SMILES string of the molecule is COCCC(=O)NCCCNC(=O)CC#N. The predicted molar refractivity (Wildman–Crippen MR) is 57.4 cm³/mol. The van der Waals surface area contributed by atoms with Gasteiger partial charge in [0, 0.05) is 26.6 Å². The van der Waals surface area contributed by atoms with E-state index in [0.29, 0.717) is 32.5 Å². The first kappa shape index (κ1) is 14.4. The summed E-state index contributed by atoms with van der Waals surface area (Å²) in [6.07, 6.45) is 0.868. The lowest BCUT2D eigenvalue weighted by atomic mass is 10.3. The Kier molecular flexibility index (Phi) is 8.93. The second-order valence-electron chi connectivity index (χ2n) is 3.13. The van der Waals surface area contributed by atoms with Gasteiger partial charge in [0.2, 0.25) is 11.8 Å². The van der Waals surface area contributed by atoms with Crippen molar-refractivity contribution in [2.24, 2.45) is 0 Å². The summed E-state index contributed by atoms with van der Waals surface area (Å²) < 4.78 is 4.75. The molecule has 0 unspecified atom stereocenters. The highest BCUT2D eigenvalue weighted by atomic mass is 16.5. The van der Waals surface area contributed by atoms with Crippen molar-refractivity contribution >= 4 is 11.8 Å². The molecule has 0 fully saturated rings. The maximum atomic E-state index is 11.1. The third-order valence-corrected chi connectivity index (χ3v) is 1.77. The zero-order valence-corrected chi connectivity index (χ0v) is 9.41. The quantitative estimate of drug-likeness (QED) is 0.550. The molecule has 0 aliphatic carbocycles. The molecule has 0 aliphatic heterocycles. The lowest BCUT2D eigenvalue weighted by Crippen LogP contribution is -2.29. The van der Waals surface area contributed by atoms with Crippen LogP contribution in [0.15, 0.2) is 0 Å². The molecule has 90 valence electrons. The summed E-state index contributed by atoms with van der Waals surface area (Å²) in [5.74, 6) is -0.349. The zero-order valence-electron chi connectivity index (χ0n) is 9.41. The lowest BCUT2D eigenvalue weighted by molar-refractivity contribution is -0.122. The number of nitriles is 1. The number of hydrogen-bond donors (Lipinski definition) is 2. The Morgan fingerprint density at radius 3 is 2.44 bits per heavy atom. The van der Waals surface area contributed by atoms with Gasteiger partial charge in [0.25, 0.3) is 0 Å². The molecule has 0 spiro atoms. The molecular formula is C10H17N3O3. The first-order valence-corrected chi connectivity index (χ1v) is 5.10. The molecule has 0 heterocycles. The van der Waals surface area contributed by atoms with Crippen molar-refractivity contribution in [3.63, 3.8) is 0 Å². The number of methoxy groups -OCH3 is 1. The third-order valence-electron chi connectivity index (χ3n) is 1.77. The minimum Gasteiger partial charge on any atom is -0.384 e. The maximum Gasteiger partial charge on any atom is 0.234 e. The van der Waals surface area contributed by atoms with E-state index < -0.39 is 0 Å². The Labute approximate surface area is 95.0 Å². The van der Waals surface area contributed by atoms with Crippen LogP contribution in [0.25, 0.3) is 0 Å². The first-order valence-electron chi connectivity index (χ1n) is 5.10. The van der Waals surface area contributed by atoms with E-state index in [4.69, 9.17) is 10.00 Å². The molecule has 0 aromatic heterocycles. The van der Waals surface area contributed by atoms with Crippen LogP contribution in [-0.2, 0) is 14.3 Å². The van der Waals surface area contributed by atoms with Crippen LogP contribution in [0.1, 0.15) is 19.3 Å². The number of amides is 2. The molecule has 6 nitrogen and oxygen atoms in total. The Hall–Kier alpha value is -1.61. The Morgan fingerprint density at radius 2 is 1.88 bits per heavy atom. The zero-order chi connectivity index (χ0) is 12.2. The van der Waals surface area contributed by atoms with Crippen LogP contribution in [0.2, 0.25) is 0 Å². The van der Waals surface area contributed by atoms with Crippen molar-refractivity contribution in [2.45, 2.75) is 19.3 Å². The molecular weight excluding hydrogens is 210 g/mol. The molecule has 0 saturated carbocycles. The standard InChI is InChI=1S/C10H17N3O3/c1-16-8-4-10(15)13-7-2-6-12-9(14)3-5-11/h2-4,6-8H2,1H3,(H,12,14)(H,13,15). The molecule has 16 heavy (non-hydrogen) atoms. The van der Waals surface area contributed by atoms with Gasteiger partial charge in [0.1, 0.15) is 6.42 Å². The Bertz CT molecular complexity index is 261. The molecule has 6 heteroatoms. The molecule has 0 bridgehead atoms. The highest BCUT2D eigenvalue weighted by molar-refractivity contribution is 5.78. The fourth-order valence-electron chi connectivity index (χ4n) is 0.961. The van der Waals surface area contributed by atoms with Crippen molar-refractivity contribution in [1.82, 2.24) is 10.6 Å². The monoisotopic (exact) mass is 227 g/mol. The van der Waals surface area contributed by atoms with Gasteiger partial charge in [-0.25, -0.2) is 0 Å². The van der Waals surface area contributed by atoms with Gasteiger partial charge in [-0.05, 0) is 6.42 Å². The van der Waals surface area contributed by atoms with E-state index in [2.05, 4.69) is 10.6 Å². The minimum absolute atomic E-state index is 0.0646. The molecule has 0 aliphatic rings. The smallest absolute Gasteiger partial charge is 0.234 e. The van der Waals surface area contributed by atoms with Gasteiger partial charge in [-0.3, -0.25) is 9.59 Å². The van der Waals surface area contributed by atoms with Crippen molar-refractivity contribution in [1.29, 1.82) is 5.26 Å². The van der Waals surface area contributed by atoms with Crippen LogP contribution in [0.5, 0.6) is 0 Å². The van der Waals surface area contributed by atoms with Crippen molar-refractivity contribution in [2.75, 3.05) is 26.8 Å². The highest BCUT2D eigenvalue weighted by Crippen LogP contribution is 1.82. The lowest BCUT2D eigenvalue weighted by Gasteiger charge is -2.05. The molecule has 0 rings (SSSR count). The Morgan fingerprint density at radius 1 is 1.25 bits per heavy atom. The summed E-state index contributed by atoms with van der Waals surface area (Å²) in [6, 6.07) is 1.75. The second-order valence-corrected chi connectivity index (χ2v) is 3.13. The summed E-state index contributed by atoms with van der Waals surface area (Å²) in [6.45, 7) is 1.38. The van der Waals surface area contributed by atoms with E-state index in [1.807, 2.05) is 0 Å². The summed E-state index contributed by atoms with van der Waals surface area (Å²) in [5.41, 5.74) is 0. The van der Waals surface area contributed by atoms with E-state index in [9.17, 15) is 9.59 Å². The number of hydrogen-bond acceptors (Lipinski definition) is 4. The van der Waals surface area contributed by atoms with E-state index in [0.717, 1.165) is 0 Å². The summed E-state index contributed by atoms with van der Waals surface area (Å²) in [5, 5.41) is 13.5. The predicted octanol–water partition coefficient (Wildman–Crippen LogP) is -0.441. The second kappa shape index (κ2) is 9.93. The van der Waals surface area contributed by atoms with Crippen LogP contribution in [0, 0.1) is 11.3 Å². The van der Waals surface area contributed by atoms with Gasteiger partial charge in [-0.2, -0.15) is 5.26 Å². The minimum atomic E-state index is -0.284. The average Bonchev–Trinajstić information content (AvgIpc) is 2.26. The average molecular weight is 227 g/mol. The van der Waals surface area contributed by atoms with Gasteiger partial charge in [-0.1, -0.05) is 0 Å². The molecule has 0 radical (unpaired) electrons. The fraction of sp³-hybridized carbons (Fsp3) is 0.700. The Balaban J connectivity index is 3.30. The molecule has 0 atom stereocenters. The van der Waals surface area contributed by atoms with E-state index >= 15 is 0 Å². The number of carbonyl (C=O) groups excluding carboxylic acids is 2. The first-order chi connectivity index (χ1) is 7.70. The van der Waals surface area contributed by atoms with Crippen molar-refractivity contribution < 1.29 is 14.3 Å². The molecule has 0 aromatic carbocycles. The molecule has 2 amide bonds. The van der Waals surface area contributed by atoms with Crippen molar-refractivity contribution in [3.8, 4) is 6.07 Å². The van der Waals surface area contributed by atoms with E-state index in [1.54, 1.807) is 6.07 Å². The van der Waals surface area contributed by atoms with Gasteiger partial charge in [0.05, 0.1) is 12.7 Å². The fourth-order valence-corrected chi connectivity index (χ4v) is 0.961. The van der Waals surface area contributed by atoms with Gasteiger partial charge in [0.15, 0.2) is 0 Å². The summed E-state index contributed by atoms with van der Waals surface area (Å²) in [4.78, 5) is 21.9. The topological polar surface area (TPSA) is 91.2 Å². The third kappa shape index (κ3) is 8.97. The van der Waals surface area contributed by atoms with Crippen LogP contribution in [0.4, 0.5) is 0 Å². The summed E-state index contributed by atoms with van der Waals surface area (Å²) in [7, 11) is 1.54. The molecule has 0 saturated heterocycles. The van der Waals surface area contributed by atoms with Crippen LogP contribution in [0.3, 0.4) is 0 Å². The van der Waals surface area contributed by atoms with Crippen molar-refractivity contribution in [3.05, 3.63) is 0 Å². The van der Waals surface area contributed by atoms with E-state index in [-0.39, 0.29) is 18.2 Å². The van der Waals surface area contributed by atoms with Gasteiger partial charge >= 0.3 is 0 Å². The largest absolute Gasteiger partial charge is 0.384 e. The number of rotatable bonds is 8. The normalized spacial score (nSPS) is 9.25. The molecule has 0 aromatic rings. The van der Waals surface area contributed by atoms with E-state index in [1.165, 1.54) is 7.11 Å². The number of nitrogens with zero attached hydrogens (tertiary/aromatic N) is 1. The maximum absolute atomic E-state index is 11.1. The number of nitrogens with one attached hydrogen (secondary N) is 2. The summed E-state index contributed by atoms with van der Waals surface area (Å²) >= 11 is 0. The van der Waals surface area contributed by atoms with Crippen LogP contribution >= 0.6 is 0 Å². The van der Waals surface area contributed by atoms with Crippen LogP contribution in [-0.4, -0.2) is 38.6 Å². The number of carbonyl (C=O) groups is 2. The van der Waals surface area contributed by atoms with Crippen LogP contribution < -0.4 is 10.6 Å². The highest BCUT2D eigenvalue weighted by Gasteiger charge is 2.00. The molecule has 2 N–H and O–H groups in total. The van der Waals surface area contributed by atoms with Gasteiger partial charge < -0.3 is 15.4 Å².